The average molecular weight is 512 g/mol. The van der Waals surface area contributed by atoms with Gasteiger partial charge in [0.25, 0.3) is 5.91 Å². The fourth-order valence-corrected chi connectivity index (χ4v) is 5.52. The lowest BCUT2D eigenvalue weighted by Crippen LogP contribution is -2.28. The van der Waals surface area contributed by atoms with Crippen LogP contribution in [0.5, 0.6) is 5.75 Å². The molecule has 1 amide bonds. The van der Waals surface area contributed by atoms with Gasteiger partial charge in [-0.2, -0.15) is 4.31 Å². The van der Waals surface area contributed by atoms with Gasteiger partial charge in [0.15, 0.2) is 5.69 Å². The van der Waals surface area contributed by atoms with E-state index in [0.29, 0.717) is 23.4 Å². The van der Waals surface area contributed by atoms with Gasteiger partial charge in [0.2, 0.25) is 15.9 Å². The van der Waals surface area contributed by atoms with Crippen LogP contribution in [0.25, 0.3) is 0 Å². The standard InChI is InChI=1S/C25H29N5O5S/c1-16-11-20(34-4)12-17(2)23(16)36(32,33)30(3)14-22-29-21(15-35-22)25(31)28-13-18-5-7-19(8-6-18)24-26-9-10-27-24/h5-8,11-12,15H,9-10,13-14H2,1-4H3,(H,26,27)(H,28,31). The molecule has 10 nitrogen and oxygen atoms in total. The van der Waals surface area contributed by atoms with Crippen molar-refractivity contribution in [2.75, 3.05) is 27.2 Å². The van der Waals surface area contributed by atoms with E-state index in [-0.39, 0.29) is 23.0 Å². The molecule has 0 bridgehead atoms. The Kier molecular flexibility index (Phi) is 7.41. The number of ether oxygens (including phenoxy) is 1. The second-order valence-electron chi connectivity index (χ2n) is 8.51. The number of amidine groups is 1. The average Bonchev–Trinajstić information content (AvgIpc) is 3.55. The highest BCUT2D eigenvalue weighted by molar-refractivity contribution is 7.89. The van der Waals surface area contributed by atoms with Crippen molar-refractivity contribution in [3.8, 4) is 5.75 Å². The third-order valence-corrected chi connectivity index (χ3v) is 7.94. The molecule has 0 saturated carbocycles. The van der Waals surface area contributed by atoms with E-state index in [0.717, 1.165) is 34.4 Å². The largest absolute Gasteiger partial charge is 0.497 e. The molecular formula is C25H29N5O5S. The van der Waals surface area contributed by atoms with Crippen LogP contribution in [0.2, 0.25) is 0 Å². The van der Waals surface area contributed by atoms with E-state index >= 15 is 0 Å². The Morgan fingerprint density at radius 3 is 2.50 bits per heavy atom. The van der Waals surface area contributed by atoms with Gasteiger partial charge in [0.05, 0.1) is 25.1 Å². The molecule has 2 aromatic carbocycles. The molecule has 3 aromatic rings. The predicted octanol–water partition coefficient (Wildman–Crippen LogP) is 2.40. The molecule has 2 heterocycles. The van der Waals surface area contributed by atoms with Crippen LogP contribution in [-0.2, 0) is 23.1 Å². The van der Waals surface area contributed by atoms with Crippen LogP contribution in [0.4, 0.5) is 0 Å². The molecular weight excluding hydrogens is 482 g/mol. The quantitative estimate of drug-likeness (QED) is 0.452. The van der Waals surface area contributed by atoms with Crippen LogP contribution >= 0.6 is 0 Å². The number of carbonyl (C=O) groups is 1. The Morgan fingerprint density at radius 1 is 1.19 bits per heavy atom. The summed E-state index contributed by atoms with van der Waals surface area (Å²) in [5.41, 5.74) is 3.15. The number of hydrogen-bond donors (Lipinski definition) is 2. The monoisotopic (exact) mass is 511 g/mol. The Hall–Kier alpha value is -3.70. The second kappa shape index (κ2) is 10.5. The summed E-state index contributed by atoms with van der Waals surface area (Å²) in [5.74, 6) is 1.17. The summed E-state index contributed by atoms with van der Waals surface area (Å²) >= 11 is 0. The minimum absolute atomic E-state index is 0.0775. The van der Waals surface area contributed by atoms with Gasteiger partial charge >= 0.3 is 0 Å². The van der Waals surface area contributed by atoms with E-state index in [1.54, 1.807) is 26.0 Å². The maximum absolute atomic E-state index is 13.2. The van der Waals surface area contributed by atoms with Crippen molar-refractivity contribution in [1.29, 1.82) is 0 Å². The molecule has 2 N–H and O–H groups in total. The third-order valence-electron chi connectivity index (χ3n) is 5.83. The van der Waals surface area contributed by atoms with E-state index in [4.69, 9.17) is 9.15 Å². The third kappa shape index (κ3) is 5.42. The highest BCUT2D eigenvalue weighted by atomic mass is 32.2. The Morgan fingerprint density at radius 2 is 1.89 bits per heavy atom. The molecule has 4 rings (SSSR count). The van der Waals surface area contributed by atoms with Crippen molar-refractivity contribution in [2.45, 2.75) is 31.8 Å². The van der Waals surface area contributed by atoms with Gasteiger partial charge in [-0.1, -0.05) is 24.3 Å². The predicted molar refractivity (Wildman–Crippen MR) is 135 cm³/mol. The molecule has 0 spiro atoms. The number of rotatable bonds is 9. The maximum atomic E-state index is 13.2. The Labute approximate surface area is 210 Å². The molecule has 0 atom stereocenters. The van der Waals surface area contributed by atoms with Crippen LogP contribution in [0.3, 0.4) is 0 Å². The number of methoxy groups -OCH3 is 1. The van der Waals surface area contributed by atoms with Crippen LogP contribution in [-0.4, -0.2) is 56.7 Å². The van der Waals surface area contributed by atoms with Gasteiger partial charge in [-0.15, -0.1) is 0 Å². The first-order valence-corrected chi connectivity index (χ1v) is 12.8. The van der Waals surface area contributed by atoms with Crippen molar-refractivity contribution in [1.82, 2.24) is 19.9 Å². The summed E-state index contributed by atoms with van der Waals surface area (Å²) < 4.78 is 38.2. The van der Waals surface area contributed by atoms with Crippen LogP contribution < -0.4 is 15.4 Å². The number of aromatic nitrogens is 1. The number of oxazole rings is 1. The molecule has 36 heavy (non-hydrogen) atoms. The van der Waals surface area contributed by atoms with Gasteiger partial charge in [0.1, 0.15) is 17.8 Å². The zero-order chi connectivity index (χ0) is 25.9. The van der Waals surface area contributed by atoms with Gasteiger partial charge in [0, 0.05) is 25.7 Å². The zero-order valence-corrected chi connectivity index (χ0v) is 21.5. The number of nitrogens with one attached hydrogen (secondary N) is 2. The van der Waals surface area contributed by atoms with Crippen LogP contribution in [0.1, 0.15) is 38.6 Å². The fourth-order valence-electron chi connectivity index (χ4n) is 4.00. The molecule has 0 aliphatic carbocycles. The normalized spacial score (nSPS) is 13.4. The SMILES string of the molecule is COc1cc(C)c(S(=O)(=O)N(C)Cc2nc(C(=O)NCc3ccc(C4=NCCN4)cc3)co2)c(C)c1. The summed E-state index contributed by atoms with van der Waals surface area (Å²) in [6.07, 6.45) is 1.22. The lowest BCUT2D eigenvalue weighted by molar-refractivity contribution is 0.0946. The summed E-state index contributed by atoms with van der Waals surface area (Å²) in [6.45, 7) is 5.24. The van der Waals surface area contributed by atoms with Crippen molar-refractivity contribution in [2.24, 2.45) is 4.99 Å². The molecule has 190 valence electrons. The van der Waals surface area contributed by atoms with Gasteiger partial charge in [-0.25, -0.2) is 13.4 Å². The van der Waals surface area contributed by atoms with E-state index in [1.165, 1.54) is 20.4 Å². The fraction of sp³-hybridized carbons (Fsp3) is 0.320. The summed E-state index contributed by atoms with van der Waals surface area (Å²) in [4.78, 5) is 21.3. The van der Waals surface area contributed by atoms with Crippen molar-refractivity contribution in [3.63, 3.8) is 0 Å². The first kappa shape index (κ1) is 25.4. The van der Waals surface area contributed by atoms with Crippen LogP contribution in [0, 0.1) is 13.8 Å². The topological polar surface area (TPSA) is 126 Å². The second-order valence-corrected chi connectivity index (χ2v) is 10.5. The first-order chi connectivity index (χ1) is 17.2. The van der Waals surface area contributed by atoms with E-state index < -0.39 is 15.9 Å². The van der Waals surface area contributed by atoms with Crippen LogP contribution in [0.15, 0.2) is 57.0 Å². The molecule has 11 heteroatoms. The molecule has 1 aliphatic heterocycles. The van der Waals surface area contributed by atoms with Crippen molar-refractivity contribution < 1.29 is 22.4 Å². The summed E-state index contributed by atoms with van der Waals surface area (Å²) in [7, 11) is -0.850. The van der Waals surface area contributed by atoms with Crippen molar-refractivity contribution in [3.05, 3.63) is 76.5 Å². The lowest BCUT2D eigenvalue weighted by atomic mass is 10.1. The Balaban J connectivity index is 1.38. The number of sulfonamides is 1. The Bertz CT molecular complexity index is 1370. The minimum Gasteiger partial charge on any atom is -0.497 e. The number of benzene rings is 2. The van der Waals surface area contributed by atoms with Gasteiger partial charge in [-0.3, -0.25) is 9.79 Å². The number of aliphatic imine (C=N–C) groups is 1. The minimum atomic E-state index is -3.83. The molecule has 0 saturated heterocycles. The van der Waals surface area contributed by atoms with Gasteiger partial charge < -0.3 is 19.8 Å². The molecule has 0 unspecified atom stereocenters. The highest BCUT2D eigenvalue weighted by Crippen LogP contribution is 2.28. The number of aryl methyl sites for hydroxylation is 2. The molecule has 1 aliphatic rings. The summed E-state index contributed by atoms with van der Waals surface area (Å²) in [6, 6.07) is 11.1. The lowest BCUT2D eigenvalue weighted by Gasteiger charge is -2.19. The van der Waals surface area contributed by atoms with Gasteiger partial charge in [-0.05, 0) is 42.7 Å². The smallest absolute Gasteiger partial charge is 0.273 e. The number of carbonyl (C=O) groups excluding carboxylic acids is 1. The molecule has 0 radical (unpaired) electrons. The highest BCUT2D eigenvalue weighted by Gasteiger charge is 2.27. The van der Waals surface area contributed by atoms with Crippen molar-refractivity contribution >= 4 is 21.8 Å². The molecule has 1 aromatic heterocycles. The number of amides is 1. The summed E-state index contributed by atoms with van der Waals surface area (Å²) in [5, 5.41) is 6.03. The van der Waals surface area contributed by atoms with E-state index in [2.05, 4.69) is 20.6 Å². The number of hydrogen-bond acceptors (Lipinski definition) is 8. The number of nitrogens with zero attached hydrogens (tertiary/aromatic N) is 3. The van der Waals surface area contributed by atoms with E-state index in [9.17, 15) is 13.2 Å². The maximum Gasteiger partial charge on any atom is 0.273 e. The zero-order valence-electron chi connectivity index (χ0n) is 20.7. The molecule has 0 fully saturated rings. The first-order valence-electron chi connectivity index (χ1n) is 11.4. The van der Waals surface area contributed by atoms with E-state index in [1.807, 2.05) is 24.3 Å².